The SMILES string of the molecule is CC1CCN(C(=O)c2cccc(-n3ccnc3-c3cnsc3)c2)CC1. The molecule has 1 aliphatic heterocycles. The fourth-order valence-electron chi connectivity index (χ4n) is 3.22. The van der Waals surface area contributed by atoms with E-state index in [1.807, 2.05) is 51.5 Å². The number of carbonyl (C=O) groups is 1. The topological polar surface area (TPSA) is 51.0 Å². The molecule has 0 saturated carbocycles. The number of nitrogens with zero attached hydrogens (tertiary/aromatic N) is 4. The minimum atomic E-state index is 0.118. The van der Waals surface area contributed by atoms with Gasteiger partial charge in [0.2, 0.25) is 0 Å². The second-order valence-corrected chi connectivity index (χ2v) is 7.22. The van der Waals surface area contributed by atoms with E-state index in [1.165, 1.54) is 11.5 Å². The Morgan fingerprint density at radius 2 is 2.12 bits per heavy atom. The van der Waals surface area contributed by atoms with Crippen molar-refractivity contribution in [3.8, 4) is 17.1 Å². The molecule has 3 aromatic rings. The Labute approximate surface area is 151 Å². The highest BCUT2D eigenvalue weighted by Crippen LogP contribution is 2.24. The Morgan fingerprint density at radius 3 is 2.88 bits per heavy atom. The molecule has 0 N–H and O–H groups in total. The lowest BCUT2D eigenvalue weighted by Crippen LogP contribution is -2.37. The molecule has 0 atom stereocenters. The van der Waals surface area contributed by atoms with Crippen LogP contribution in [0.25, 0.3) is 17.1 Å². The summed E-state index contributed by atoms with van der Waals surface area (Å²) >= 11 is 1.40. The second-order valence-electron chi connectivity index (χ2n) is 6.56. The number of carbonyl (C=O) groups excluding carboxylic acids is 1. The first-order valence-corrected chi connectivity index (χ1v) is 9.39. The summed E-state index contributed by atoms with van der Waals surface area (Å²) in [7, 11) is 0. The molecule has 1 aromatic carbocycles. The number of piperidine rings is 1. The van der Waals surface area contributed by atoms with Crippen LogP contribution in [0.15, 0.2) is 48.2 Å². The number of hydrogen-bond donors (Lipinski definition) is 0. The van der Waals surface area contributed by atoms with Gasteiger partial charge in [-0.25, -0.2) is 9.36 Å². The van der Waals surface area contributed by atoms with E-state index in [0.717, 1.165) is 48.6 Å². The number of benzene rings is 1. The van der Waals surface area contributed by atoms with Crippen molar-refractivity contribution in [2.24, 2.45) is 5.92 Å². The first-order chi connectivity index (χ1) is 12.2. The maximum absolute atomic E-state index is 12.8. The molecule has 1 amide bonds. The highest BCUT2D eigenvalue weighted by atomic mass is 32.1. The molecule has 25 heavy (non-hydrogen) atoms. The van der Waals surface area contributed by atoms with Crippen LogP contribution in [0.3, 0.4) is 0 Å². The molecule has 1 aliphatic rings. The second kappa shape index (κ2) is 6.80. The van der Waals surface area contributed by atoms with Crippen LogP contribution in [0, 0.1) is 5.92 Å². The predicted molar refractivity (Wildman–Crippen MR) is 99.0 cm³/mol. The number of likely N-dealkylation sites (tertiary alicyclic amines) is 1. The average Bonchev–Trinajstić information content (AvgIpc) is 3.33. The lowest BCUT2D eigenvalue weighted by molar-refractivity contribution is 0.0697. The molecule has 0 radical (unpaired) electrons. The van der Waals surface area contributed by atoms with Crippen molar-refractivity contribution in [2.75, 3.05) is 13.1 Å². The Kier molecular flexibility index (Phi) is 4.36. The van der Waals surface area contributed by atoms with Gasteiger partial charge in [0.25, 0.3) is 5.91 Å². The summed E-state index contributed by atoms with van der Waals surface area (Å²) in [5.41, 5.74) is 2.65. The molecule has 0 aliphatic carbocycles. The smallest absolute Gasteiger partial charge is 0.253 e. The molecule has 0 unspecified atom stereocenters. The molecular weight excluding hydrogens is 332 g/mol. The van der Waals surface area contributed by atoms with Crippen molar-refractivity contribution in [2.45, 2.75) is 19.8 Å². The lowest BCUT2D eigenvalue weighted by Gasteiger charge is -2.30. The van der Waals surface area contributed by atoms with Crippen LogP contribution in [-0.4, -0.2) is 37.8 Å². The van der Waals surface area contributed by atoms with Gasteiger partial charge in [-0.2, -0.15) is 0 Å². The molecule has 0 spiro atoms. The van der Waals surface area contributed by atoms with Crippen molar-refractivity contribution in [3.63, 3.8) is 0 Å². The summed E-state index contributed by atoms with van der Waals surface area (Å²) in [5, 5.41) is 1.97. The van der Waals surface area contributed by atoms with E-state index in [-0.39, 0.29) is 5.91 Å². The third kappa shape index (κ3) is 3.22. The molecular formula is C19H20N4OS. The molecule has 3 heterocycles. The molecule has 1 fully saturated rings. The van der Waals surface area contributed by atoms with Gasteiger partial charge in [-0.05, 0) is 48.5 Å². The van der Waals surface area contributed by atoms with Crippen LogP contribution >= 0.6 is 11.5 Å². The first-order valence-electron chi connectivity index (χ1n) is 8.55. The van der Waals surface area contributed by atoms with Crippen molar-refractivity contribution in [3.05, 3.63) is 53.8 Å². The standard InChI is InChI=1S/C19H20N4OS/c1-14-5-8-22(9-6-14)19(24)15-3-2-4-17(11-15)23-10-7-20-18(23)16-12-21-25-13-16/h2-4,7,10-14H,5-6,8-9H2,1H3. The molecule has 4 rings (SSSR count). The third-order valence-corrected chi connectivity index (χ3v) is 5.36. The van der Waals surface area contributed by atoms with Crippen LogP contribution in [0.1, 0.15) is 30.1 Å². The van der Waals surface area contributed by atoms with Crippen LogP contribution < -0.4 is 0 Å². The van der Waals surface area contributed by atoms with Gasteiger partial charge in [-0.3, -0.25) is 9.36 Å². The largest absolute Gasteiger partial charge is 0.339 e. The Bertz CT molecular complexity index is 863. The van der Waals surface area contributed by atoms with E-state index in [4.69, 9.17) is 0 Å². The monoisotopic (exact) mass is 352 g/mol. The summed E-state index contributed by atoms with van der Waals surface area (Å²) in [6.07, 6.45) is 7.67. The van der Waals surface area contributed by atoms with E-state index in [2.05, 4.69) is 16.3 Å². The molecule has 2 aromatic heterocycles. The fourth-order valence-corrected chi connectivity index (χ4v) is 3.74. The predicted octanol–water partition coefficient (Wildman–Crippen LogP) is 3.87. The summed E-state index contributed by atoms with van der Waals surface area (Å²) < 4.78 is 6.15. The zero-order chi connectivity index (χ0) is 17.2. The van der Waals surface area contributed by atoms with Crippen molar-refractivity contribution >= 4 is 17.4 Å². The van der Waals surface area contributed by atoms with Crippen molar-refractivity contribution in [1.82, 2.24) is 18.8 Å². The van der Waals surface area contributed by atoms with Gasteiger partial charge >= 0.3 is 0 Å². The maximum Gasteiger partial charge on any atom is 0.253 e. The zero-order valence-corrected chi connectivity index (χ0v) is 14.9. The Morgan fingerprint density at radius 1 is 1.28 bits per heavy atom. The van der Waals surface area contributed by atoms with Gasteiger partial charge in [-0.1, -0.05) is 13.0 Å². The molecule has 5 nitrogen and oxygen atoms in total. The molecule has 6 heteroatoms. The summed E-state index contributed by atoms with van der Waals surface area (Å²) in [6.45, 7) is 3.95. The fraction of sp³-hybridized carbons (Fsp3) is 0.316. The number of rotatable bonds is 3. The van der Waals surface area contributed by atoms with E-state index >= 15 is 0 Å². The highest BCUT2D eigenvalue weighted by molar-refractivity contribution is 7.03. The quantitative estimate of drug-likeness (QED) is 0.719. The number of amides is 1. The highest BCUT2D eigenvalue weighted by Gasteiger charge is 2.21. The Hall–Kier alpha value is -2.47. The summed E-state index contributed by atoms with van der Waals surface area (Å²) in [6, 6.07) is 7.78. The molecule has 1 saturated heterocycles. The maximum atomic E-state index is 12.8. The number of imidazole rings is 1. The van der Waals surface area contributed by atoms with E-state index < -0.39 is 0 Å². The first kappa shape index (κ1) is 16.0. The normalized spacial score (nSPS) is 15.5. The van der Waals surface area contributed by atoms with E-state index in [9.17, 15) is 4.79 Å². The van der Waals surface area contributed by atoms with E-state index in [1.54, 1.807) is 6.20 Å². The average molecular weight is 352 g/mol. The molecule has 128 valence electrons. The van der Waals surface area contributed by atoms with E-state index in [0.29, 0.717) is 5.92 Å². The minimum absolute atomic E-state index is 0.118. The van der Waals surface area contributed by atoms with Gasteiger partial charge in [0.15, 0.2) is 0 Å². The van der Waals surface area contributed by atoms with Crippen LogP contribution in [0.5, 0.6) is 0 Å². The minimum Gasteiger partial charge on any atom is -0.339 e. The number of aromatic nitrogens is 3. The van der Waals surface area contributed by atoms with Gasteiger partial charge in [0.05, 0.1) is 6.20 Å². The van der Waals surface area contributed by atoms with Gasteiger partial charge in [0, 0.05) is 47.7 Å². The van der Waals surface area contributed by atoms with Crippen LogP contribution in [0.4, 0.5) is 0 Å². The molecule has 0 bridgehead atoms. The third-order valence-electron chi connectivity index (χ3n) is 4.77. The zero-order valence-electron chi connectivity index (χ0n) is 14.1. The van der Waals surface area contributed by atoms with Crippen molar-refractivity contribution < 1.29 is 4.79 Å². The lowest BCUT2D eigenvalue weighted by atomic mass is 9.98. The van der Waals surface area contributed by atoms with Gasteiger partial charge < -0.3 is 4.90 Å². The summed E-state index contributed by atoms with van der Waals surface area (Å²) in [5.74, 6) is 1.67. The summed E-state index contributed by atoms with van der Waals surface area (Å²) in [4.78, 5) is 19.2. The van der Waals surface area contributed by atoms with Gasteiger partial charge in [-0.15, -0.1) is 0 Å². The van der Waals surface area contributed by atoms with Gasteiger partial charge in [0.1, 0.15) is 5.82 Å². The van der Waals surface area contributed by atoms with Crippen molar-refractivity contribution in [1.29, 1.82) is 0 Å². The van der Waals surface area contributed by atoms with Crippen LogP contribution in [-0.2, 0) is 0 Å². The number of hydrogen-bond acceptors (Lipinski definition) is 4. The Balaban J connectivity index is 1.62. The van der Waals surface area contributed by atoms with Crippen LogP contribution in [0.2, 0.25) is 0 Å².